The number of pyridine rings is 1. The Morgan fingerprint density at radius 1 is 1.16 bits per heavy atom. The van der Waals surface area contributed by atoms with Gasteiger partial charge in [-0.1, -0.05) is 18.2 Å². The summed E-state index contributed by atoms with van der Waals surface area (Å²) in [4.78, 5) is 4.79. The number of nitriles is 1. The van der Waals surface area contributed by atoms with Crippen LogP contribution in [0.4, 0.5) is 0 Å². The molecule has 32 heavy (non-hydrogen) atoms. The van der Waals surface area contributed by atoms with Gasteiger partial charge in [0.25, 0.3) is 0 Å². The average Bonchev–Trinajstić information content (AvgIpc) is 2.99. The summed E-state index contributed by atoms with van der Waals surface area (Å²) in [5, 5.41) is 10.7. The summed E-state index contributed by atoms with van der Waals surface area (Å²) in [5.41, 5.74) is 2.76. The lowest BCUT2D eigenvalue weighted by atomic mass is 10.1. The minimum atomic E-state index is -3.66. The van der Waals surface area contributed by atoms with E-state index in [0.717, 1.165) is 5.70 Å². The van der Waals surface area contributed by atoms with Gasteiger partial charge in [-0.2, -0.15) is 10.2 Å². The fraction of sp³-hybridized carbons (Fsp3) is 0.250. The van der Waals surface area contributed by atoms with E-state index in [0.29, 0.717) is 40.3 Å². The third-order valence-corrected chi connectivity index (χ3v) is 6.64. The van der Waals surface area contributed by atoms with Gasteiger partial charge in [0.1, 0.15) is 11.7 Å². The van der Waals surface area contributed by atoms with Crippen LogP contribution < -0.4 is 9.46 Å². The first kappa shape index (κ1) is 21.8. The third kappa shape index (κ3) is 3.93. The highest BCUT2D eigenvalue weighted by Gasteiger charge is 2.25. The van der Waals surface area contributed by atoms with Crippen molar-refractivity contribution in [2.24, 2.45) is 0 Å². The predicted octanol–water partition coefficient (Wildman–Crippen LogP) is 4.46. The van der Waals surface area contributed by atoms with E-state index in [1.807, 2.05) is 35.8 Å². The van der Waals surface area contributed by atoms with Gasteiger partial charge in [-0.3, -0.25) is 4.57 Å². The summed E-state index contributed by atoms with van der Waals surface area (Å²) in [5.74, 6) is 0.480. The van der Waals surface area contributed by atoms with Crippen molar-refractivity contribution in [2.45, 2.75) is 38.1 Å². The summed E-state index contributed by atoms with van der Waals surface area (Å²) in [7, 11) is -3.66. The normalized spacial score (nSPS) is 13.5. The number of nitrogens with zero attached hydrogens (tertiary/aromatic N) is 3. The molecule has 1 aliphatic carbocycles. The third-order valence-electron chi connectivity index (χ3n) is 4.87. The molecule has 0 fully saturated rings. The maximum atomic E-state index is 12.7. The highest BCUT2D eigenvalue weighted by atomic mass is 32.2. The van der Waals surface area contributed by atoms with Gasteiger partial charge >= 0.3 is 0 Å². The molecule has 1 N–H and O–H groups in total. The Labute approximate surface area is 187 Å². The van der Waals surface area contributed by atoms with Crippen molar-refractivity contribution >= 4 is 26.8 Å². The molecule has 2 aromatic heterocycles. The minimum absolute atomic E-state index is 0.164. The van der Waals surface area contributed by atoms with Gasteiger partial charge in [-0.05, 0) is 58.0 Å². The number of fused-ring (bicyclic) bond motifs is 1. The zero-order valence-electron chi connectivity index (χ0n) is 18.4. The number of rotatable bonds is 6. The maximum Gasteiger partial charge on any atom is 0.241 e. The quantitative estimate of drug-likeness (QED) is 0.600. The van der Waals surface area contributed by atoms with E-state index in [-0.39, 0.29) is 4.90 Å². The Morgan fingerprint density at radius 3 is 2.38 bits per heavy atom. The first-order valence-corrected chi connectivity index (χ1v) is 11.7. The van der Waals surface area contributed by atoms with Crippen LogP contribution in [0.2, 0.25) is 0 Å². The second-order valence-electron chi connectivity index (χ2n) is 8.46. The molecular formula is C24H24N4O3S. The Hall–Kier alpha value is -3.41. The molecule has 1 aromatic carbocycles. The second kappa shape index (κ2) is 7.93. The van der Waals surface area contributed by atoms with Crippen LogP contribution in [0.5, 0.6) is 5.88 Å². The second-order valence-corrected chi connectivity index (χ2v) is 10.1. The van der Waals surface area contributed by atoms with Crippen molar-refractivity contribution in [3.05, 3.63) is 60.2 Å². The molecule has 0 aliphatic heterocycles. The first-order chi connectivity index (χ1) is 15.1. The summed E-state index contributed by atoms with van der Waals surface area (Å²) in [6, 6.07) is 12.4. The molecule has 0 saturated heterocycles. The molecule has 0 atom stereocenters. The molecule has 164 valence electrons. The van der Waals surface area contributed by atoms with Crippen LogP contribution in [0.25, 0.3) is 28.0 Å². The molecule has 0 amide bonds. The van der Waals surface area contributed by atoms with Crippen molar-refractivity contribution in [1.29, 1.82) is 5.26 Å². The fourth-order valence-corrected chi connectivity index (χ4v) is 5.01. The number of allylic oxidation sites excluding steroid dienone is 4. The maximum absolute atomic E-state index is 12.7. The van der Waals surface area contributed by atoms with Crippen LogP contribution in [0, 0.1) is 11.3 Å². The van der Waals surface area contributed by atoms with E-state index >= 15 is 0 Å². The highest BCUT2D eigenvalue weighted by molar-refractivity contribution is 7.89. The predicted molar refractivity (Wildman–Crippen MR) is 125 cm³/mol. The van der Waals surface area contributed by atoms with Gasteiger partial charge in [0, 0.05) is 28.3 Å². The molecule has 0 saturated carbocycles. The lowest BCUT2D eigenvalue weighted by Gasteiger charge is -2.20. The Balaban J connectivity index is 1.88. The number of hydrogen-bond donors (Lipinski definition) is 1. The largest absolute Gasteiger partial charge is 0.478 e. The Bertz CT molecular complexity index is 1400. The summed E-state index contributed by atoms with van der Waals surface area (Å²) >= 11 is 0. The molecule has 1 aliphatic rings. The number of nitrogens with one attached hydrogen (secondary N) is 1. The minimum Gasteiger partial charge on any atom is -0.478 e. The van der Waals surface area contributed by atoms with Crippen LogP contribution in [0.1, 0.15) is 33.3 Å². The fourth-order valence-electron chi connectivity index (χ4n) is 3.59. The zero-order chi connectivity index (χ0) is 23.1. The lowest BCUT2D eigenvalue weighted by Crippen LogP contribution is -2.40. The van der Waals surface area contributed by atoms with Crippen molar-refractivity contribution in [3.63, 3.8) is 0 Å². The summed E-state index contributed by atoms with van der Waals surface area (Å²) in [6.45, 7) is 7.75. The van der Waals surface area contributed by atoms with E-state index in [1.54, 1.807) is 51.1 Å². The van der Waals surface area contributed by atoms with Gasteiger partial charge in [-0.15, -0.1) is 0 Å². The smallest absolute Gasteiger partial charge is 0.241 e. The molecule has 7 nitrogen and oxygen atoms in total. The molecule has 0 bridgehead atoms. The molecule has 8 heteroatoms. The van der Waals surface area contributed by atoms with Crippen LogP contribution >= 0.6 is 0 Å². The zero-order valence-corrected chi connectivity index (χ0v) is 19.2. The van der Waals surface area contributed by atoms with Crippen LogP contribution in [-0.2, 0) is 10.0 Å². The standard InChI is InChI=1S/C24H24N4O3S/c1-5-31-21-14-13-19-20(15-25)22(28(23(19)26-21)17-7-6-8-17)16-9-11-18(12-10-16)32(29,30)27-24(2,3)4/h6-14,27H,5H2,1-4H3. The lowest BCUT2D eigenvalue weighted by molar-refractivity contribution is 0.328. The molecular weight excluding hydrogens is 424 g/mol. The SMILES string of the molecule is CCOc1ccc2c(C#N)c(-c3ccc(S(=O)(=O)NC(C)(C)C)cc3)n(C3=CC=C3)c2n1. The molecule has 0 unspecified atom stereocenters. The van der Waals surface area contributed by atoms with E-state index in [1.165, 1.54) is 0 Å². The molecule has 0 spiro atoms. The summed E-state index contributed by atoms with van der Waals surface area (Å²) < 4.78 is 35.5. The van der Waals surface area contributed by atoms with Crippen LogP contribution in [-0.4, -0.2) is 30.1 Å². The van der Waals surface area contributed by atoms with E-state index < -0.39 is 15.6 Å². The topological polar surface area (TPSA) is 97.0 Å². The number of benzene rings is 1. The number of ether oxygens (including phenoxy) is 1. The van der Waals surface area contributed by atoms with Crippen LogP contribution in [0.15, 0.2) is 59.5 Å². The van der Waals surface area contributed by atoms with Crippen molar-refractivity contribution in [1.82, 2.24) is 14.3 Å². The van der Waals surface area contributed by atoms with Gasteiger partial charge in [-0.25, -0.2) is 13.1 Å². The molecule has 4 rings (SSSR count). The van der Waals surface area contributed by atoms with Crippen molar-refractivity contribution < 1.29 is 13.2 Å². The Morgan fingerprint density at radius 2 is 1.84 bits per heavy atom. The van der Waals surface area contributed by atoms with Gasteiger partial charge < -0.3 is 4.74 Å². The molecule has 2 heterocycles. The highest BCUT2D eigenvalue weighted by Crippen LogP contribution is 2.37. The molecule has 0 radical (unpaired) electrons. The van der Waals surface area contributed by atoms with Crippen molar-refractivity contribution in [3.8, 4) is 23.2 Å². The Kier molecular flexibility index (Phi) is 5.41. The average molecular weight is 449 g/mol. The number of aromatic nitrogens is 2. The van der Waals surface area contributed by atoms with E-state index in [4.69, 9.17) is 4.74 Å². The van der Waals surface area contributed by atoms with Crippen molar-refractivity contribution in [2.75, 3.05) is 6.61 Å². The van der Waals surface area contributed by atoms with Gasteiger partial charge in [0.05, 0.1) is 22.8 Å². The van der Waals surface area contributed by atoms with E-state index in [2.05, 4.69) is 15.8 Å². The molecule has 3 aromatic rings. The van der Waals surface area contributed by atoms with Crippen LogP contribution in [0.3, 0.4) is 0 Å². The van der Waals surface area contributed by atoms with Gasteiger partial charge in [0.15, 0.2) is 0 Å². The first-order valence-electron chi connectivity index (χ1n) is 10.3. The number of hydrogen-bond acceptors (Lipinski definition) is 5. The van der Waals surface area contributed by atoms with Gasteiger partial charge in [0.2, 0.25) is 15.9 Å². The van der Waals surface area contributed by atoms with E-state index in [9.17, 15) is 13.7 Å². The summed E-state index contributed by atoms with van der Waals surface area (Å²) in [6.07, 6.45) is 5.79. The number of sulfonamides is 1. The monoisotopic (exact) mass is 448 g/mol.